The van der Waals surface area contributed by atoms with Crippen LogP contribution < -0.4 is 23.1 Å². The number of aromatic nitrogens is 5. The van der Waals surface area contributed by atoms with Crippen LogP contribution in [0.1, 0.15) is 19.5 Å². The fourth-order valence-electron chi connectivity index (χ4n) is 4.75. The third-order valence-electron chi connectivity index (χ3n) is 6.84. The Balaban J connectivity index is 0.00000280. The highest BCUT2D eigenvalue weighted by Gasteiger charge is 2.22. The Morgan fingerprint density at radius 2 is 1.78 bits per heavy atom. The van der Waals surface area contributed by atoms with Gasteiger partial charge in [-0.15, -0.1) is 0 Å². The van der Waals surface area contributed by atoms with Crippen molar-refractivity contribution >= 4 is 32.7 Å². The first-order valence-corrected chi connectivity index (χ1v) is 11.7. The molecule has 0 atom stereocenters. The quantitative estimate of drug-likeness (QED) is 0.365. The number of H-pyrrole nitrogens is 1. The molecule has 7 nitrogen and oxygen atoms in total. The topological polar surface area (TPSA) is 90.6 Å². The van der Waals surface area contributed by atoms with Gasteiger partial charge in [0.1, 0.15) is 0 Å². The van der Waals surface area contributed by atoms with Gasteiger partial charge in [0.05, 0.1) is 57.4 Å². The van der Waals surface area contributed by atoms with Crippen LogP contribution in [0, 0.1) is 11.3 Å². The number of aromatic amines is 1. The molecule has 0 aliphatic rings. The van der Waals surface area contributed by atoms with E-state index in [2.05, 4.69) is 45.3 Å². The van der Waals surface area contributed by atoms with Gasteiger partial charge in [-0.1, -0.05) is 24.3 Å². The van der Waals surface area contributed by atoms with Crippen LogP contribution >= 0.6 is 0 Å². The van der Waals surface area contributed by atoms with E-state index in [0.717, 1.165) is 43.8 Å². The first kappa shape index (κ1) is 24.2. The number of fused-ring (bicyclic) bond motifs is 4. The fourth-order valence-corrected chi connectivity index (χ4v) is 4.75. The van der Waals surface area contributed by atoms with E-state index in [9.17, 15) is 10.1 Å². The number of imidazole rings is 1. The van der Waals surface area contributed by atoms with Gasteiger partial charge in [0.15, 0.2) is 12.4 Å². The summed E-state index contributed by atoms with van der Waals surface area (Å²) < 4.78 is 3.28. The van der Waals surface area contributed by atoms with Crippen molar-refractivity contribution in [3.63, 3.8) is 0 Å². The Morgan fingerprint density at radius 1 is 0.973 bits per heavy atom. The highest BCUT2D eigenvalue weighted by Crippen LogP contribution is 2.32. The van der Waals surface area contributed by atoms with E-state index in [1.54, 1.807) is 28.6 Å². The van der Waals surface area contributed by atoms with E-state index >= 15 is 0 Å². The van der Waals surface area contributed by atoms with Gasteiger partial charge in [0.2, 0.25) is 0 Å². The maximum Gasteiger partial charge on any atom is 0.333 e. The van der Waals surface area contributed by atoms with Crippen molar-refractivity contribution in [3.8, 4) is 22.9 Å². The molecule has 0 fully saturated rings. The average Bonchev–Trinajstić information content (AvgIpc) is 3.18. The number of hydrogen-bond acceptors (Lipinski definition) is 4. The van der Waals surface area contributed by atoms with Crippen molar-refractivity contribution in [2.24, 2.45) is 7.05 Å². The normalized spacial score (nSPS) is 11.5. The number of nitrogens with zero attached hydrogens (tertiary/aromatic N) is 5. The summed E-state index contributed by atoms with van der Waals surface area (Å²) in [6.07, 6.45) is 7.38. The number of hydrogen-bond donors (Lipinski definition) is 0. The van der Waals surface area contributed by atoms with Gasteiger partial charge in [-0.3, -0.25) is 19.1 Å². The third-order valence-corrected chi connectivity index (χ3v) is 6.84. The van der Waals surface area contributed by atoms with Crippen LogP contribution in [0.25, 0.3) is 49.5 Å². The fraction of sp³-hybridized carbons (Fsp3) is 0.138. The van der Waals surface area contributed by atoms with Crippen LogP contribution in [0.3, 0.4) is 0 Å². The van der Waals surface area contributed by atoms with Crippen molar-refractivity contribution in [3.05, 3.63) is 95.6 Å². The second-order valence-corrected chi connectivity index (χ2v) is 9.50. The van der Waals surface area contributed by atoms with Crippen LogP contribution in [0.15, 0.2) is 84.2 Å². The smallest absolute Gasteiger partial charge is 0.333 e. The maximum atomic E-state index is 13.4. The van der Waals surface area contributed by atoms with Crippen molar-refractivity contribution in [1.29, 1.82) is 5.26 Å². The Hall–Kier alpha value is -4.54. The molecule has 0 bridgehead atoms. The molecule has 8 heteroatoms. The van der Waals surface area contributed by atoms with Crippen LogP contribution in [-0.2, 0) is 12.5 Å². The first-order chi connectivity index (χ1) is 17.4. The Kier molecular flexibility index (Phi) is 5.77. The Morgan fingerprint density at radius 3 is 2.54 bits per heavy atom. The SMILES string of the molecule is Cn1c(=O)n(-c2ccc(C(C)(C)C#N)nc2)c2c3cc(-c4c[nH+]cc5ccccc45)ccc3ncc21.[Cl-]. The van der Waals surface area contributed by atoms with E-state index in [1.807, 2.05) is 56.6 Å². The van der Waals surface area contributed by atoms with Gasteiger partial charge < -0.3 is 12.4 Å². The molecule has 4 aromatic heterocycles. The van der Waals surface area contributed by atoms with Crippen LogP contribution in [-0.4, -0.2) is 19.1 Å². The standard InChI is InChI=1S/C29H22N6O.ClH/c1-29(2,17-30)26-11-9-20(14-33-26)35-27-22-12-18(23-15-31-13-19-6-4-5-7-21(19)23)8-10-24(22)32-16-25(27)34(3)28(35)36;/h4-16H,1-3H3;1H. The summed E-state index contributed by atoms with van der Waals surface area (Å²) in [6, 6.07) is 20.3. The lowest BCUT2D eigenvalue weighted by atomic mass is 9.91. The van der Waals surface area contributed by atoms with Gasteiger partial charge in [-0.05, 0) is 49.7 Å². The predicted molar refractivity (Wildman–Crippen MR) is 140 cm³/mol. The molecule has 0 radical (unpaired) electrons. The summed E-state index contributed by atoms with van der Waals surface area (Å²) in [4.78, 5) is 25.8. The highest BCUT2D eigenvalue weighted by atomic mass is 35.5. The molecule has 0 amide bonds. The molecule has 0 aliphatic carbocycles. The minimum absolute atomic E-state index is 0. The third kappa shape index (κ3) is 3.74. The van der Waals surface area contributed by atoms with Gasteiger partial charge in [0.25, 0.3) is 0 Å². The average molecular weight is 507 g/mol. The molecule has 0 saturated heterocycles. The van der Waals surface area contributed by atoms with E-state index in [-0.39, 0.29) is 18.1 Å². The van der Waals surface area contributed by atoms with Gasteiger partial charge in [-0.25, -0.2) is 9.78 Å². The van der Waals surface area contributed by atoms with Crippen molar-refractivity contribution < 1.29 is 17.4 Å². The molecule has 0 unspecified atom stereocenters. The largest absolute Gasteiger partial charge is 1.00 e. The van der Waals surface area contributed by atoms with Gasteiger partial charge in [-0.2, -0.15) is 5.26 Å². The summed E-state index contributed by atoms with van der Waals surface area (Å²) in [5.74, 6) is 0. The molecular weight excluding hydrogens is 484 g/mol. The lowest BCUT2D eigenvalue weighted by molar-refractivity contribution is -0.375. The van der Waals surface area contributed by atoms with Crippen LogP contribution in [0.5, 0.6) is 0 Å². The van der Waals surface area contributed by atoms with E-state index < -0.39 is 5.41 Å². The minimum Gasteiger partial charge on any atom is -1.00 e. The lowest BCUT2D eigenvalue weighted by Crippen LogP contribution is -3.00. The second-order valence-electron chi connectivity index (χ2n) is 9.50. The molecule has 0 spiro atoms. The Labute approximate surface area is 219 Å². The van der Waals surface area contributed by atoms with E-state index in [1.165, 1.54) is 0 Å². The molecule has 4 heterocycles. The molecule has 6 aromatic rings. The second kappa shape index (κ2) is 8.84. The number of benzene rings is 2. The molecule has 6 rings (SSSR count). The molecule has 0 saturated carbocycles. The van der Waals surface area contributed by atoms with Crippen LogP contribution in [0.2, 0.25) is 0 Å². The number of rotatable bonds is 3. The number of nitrogens with one attached hydrogen (secondary N) is 1. The zero-order valence-corrected chi connectivity index (χ0v) is 21.3. The summed E-state index contributed by atoms with van der Waals surface area (Å²) >= 11 is 0. The summed E-state index contributed by atoms with van der Waals surface area (Å²) in [5.41, 5.74) is 4.79. The maximum absolute atomic E-state index is 13.4. The summed E-state index contributed by atoms with van der Waals surface area (Å²) in [5, 5.41) is 12.6. The van der Waals surface area contributed by atoms with Crippen molar-refractivity contribution in [2.75, 3.05) is 0 Å². The number of pyridine rings is 3. The number of nitriles is 1. The lowest BCUT2D eigenvalue weighted by Gasteiger charge is -2.15. The Bertz CT molecular complexity index is 1910. The van der Waals surface area contributed by atoms with Crippen LogP contribution in [0.4, 0.5) is 0 Å². The monoisotopic (exact) mass is 506 g/mol. The molecule has 0 aliphatic heterocycles. The van der Waals surface area contributed by atoms with E-state index in [0.29, 0.717) is 11.4 Å². The number of aryl methyl sites for hydroxylation is 1. The first-order valence-electron chi connectivity index (χ1n) is 11.7. The van der Waals surface area contributed by atoms with Crippen molar-refractivity contribution in [2.45, 2.75) is 19.3 Å². The molecule has 2 aromatic carbocycles. The predicted octanol–water partition coefficient (Wildman–Crippen LogP) is 1.71. The molecule has 182 valence electrons. The molecular formula is C29H23ClN6O. The van der Waals surface area contributed by atoms with Gasteiger partial charge >= 0.3 is 5.69 Å². The number of halogens is 1. The van der Waals surface area contributed by atoms with E-state index in [4.69, 9.17) is 0 Å². The zero-order valence-electron chi connectivity index (χ0n) is 20.5. The molecule has 37 heavy (non-hydrogen) atoms. The summed E-state index contributed by atoms with van der Waals surface area (Å²) in [7, 11) is 1.75. The highest BCUT2D eigenvalue weighted by molar-refractivity contribution is 6.06. The summed E-state index contributed by atoms with van der Waals surface area (Å²) in [6.45, 7) is 3.65. The zero-order chi connectivity index (χ0) is 25.0. The van der Waals surface area contributed by atoms with Crippen molar-refractivity contribution in [1.82, 2.24) is 19.1 Å². The molecule has 1 N–H and O–H groups in total. The minimum atomic E-state index is -0.719. The van der Waals surface area contributed by atoms with Gasteiger partial charge in [0, 0.05) is 23.2 Å².